The number of carboxylic acid groups (broad SMARTS) is 1. The van der Waals surface area contributed by atoms with Crippen LogP contribution < -0.4 is 0 Å². The zero-order valence-corrected chi connectivity index (χ0v) is 9.31. The molecule has 0 bridgehead atoms. The van der Waals surface area contributed by atoms with Crippen LogP contribution in [0.15, 0.2) is 24.3 Å². The van der Waals surface area contributed by atoms with Crippen molar-refractivity contribution in [3.05, 3.63) is 35.4 Å². The molecule has 1 aliphatic rings. The number of carbonyl (C=O) groups is 1. The van der Waals surface area contributed by atoms with Crippen molar-refractivity contribution in [1.82, 2.24) is 0 Å². The number of hydrogen-bond acceptors (Lipinski definition) is 2. The predicted octanol–water partition coefficient (Wildman–Crippen LogP) is 1.94. The molecule has 1 unspecified atom stereocenters. The Kier molecular flexibility index (Phi) is 2.72. The number of aliphatic carboxylic acids is 1. The SMILES string of the molecule is CC(C(=O)O)c1cccc(CC2(O)CC2)c1. The van der Waals surface area contributed by atoms with Crippen LogP contribution in [0.5, 0.6) is 0 Å². The smallest absolute Gasteiger partial charge is 0.310 e. The van der Waals surface area contributed by atoms with Gasteiger partial charge in [0.2, 0.25) is 0 Å². The van der Waals surface area contributed by atoms with Crippen LogP contribution in [0.3, 0.4) is 0 Å². The first kappa shape index (κ1) is 11.1. The lowest BCUT2D eigenvalue weighted by Gasteiger charge is -2.11. The van der Waals surface area contributed by atoms with E-state index >= 15 is 0 Å². The van der Waals surface area contributed by atoms with Crippen molar-refractivity contribution < 1.29 is 15.0 Å². The molecule has 3 heteroatoms. The van der Waals surface area contributed by atoms with E-state index in [1.165, 1.54) is 0 Å². The van der Waals surface area contributed by atoms with E-state index in [1.807, 2.05) is 24.3 Å². The van der Waals surface area contributed by atoms with Gasteiger partial charge in [-0.15, -0.1) is 0 Å². The average Bonchev–Trinajstić information content (AvgIpc) is 2.95. The predicted molar refractivity (Wildman–Crippen MR) is 60.4 cm³/mol. The van der Waals surface area contributed by atoms with Gasteiger partial charge < -0.3 is 10.2 Å². The van der Waals surface area contributed by atoms with E-state index in [2.05, 4.69) is 0 Å². The second-order valence-electron chi connectivity index (χ2n) is 4.71. The zero-order chi connectivity index (χ0) is 11.8. The molecule has 0 radical (unpaired) electrons. The summed E-state index contributed by atoms with van der Waals surface area (Å²) in [6.07, 6.45) is 2.34. The van der Waals surface area contributed by atoms with Crippen LogP contribution in [0.4, 0.5) is 0 Å². The zero-order valence-electron chi connectivity index (χ0n) is 9.31. The molecule has 0 aliphatic heterocycles. The van der Waals surface area contributed by atoms with Crippen molar-refractivity contribution in [3.8, 4) is 0 Å². The fourth-order valence-corrected chi connectivity index (χ4v) is 1.82. The number of aliphatic hydroxyl groups is 1. The van der Waals surface area contributed by atoms with E-state index in [-0.39, 0.29) is 0 Å². The molecule has 1 saturated carbocycles. The van der Waals surface area contributed by atoms with E-state index < -0.39 is 17.5 Å². The van der Waals surface area contributed by atoms with Gasteiger partial charge in [-0.3, -0.25) is 4.79 Å². The van der Waals surface area contributed by atoms with Crippen molar-refractivity contribution >= 4 is 5.97 Å². The first-order valence-electron chi connectivity index (χ1n) is 5.54. The van der Waals surface area contributed by atoms with Gasteiger partial charge >= 0.3 is 5.97 Å². The normalized spacial score (nSPS) is 19.1. The Hall–Kier alpha value is -1.35. The van der Waals surface area contributed by atoms with Gasteiger partial charge in [0.25, 0.3) is 0 Å². The highest BCUT2D eigenvalue weighted by molar-refractivity contribution is 5.75. The quantitative estimate of drug-likeness (QED) is 0.815. The van der Waals surface area contributed by atoms with E-state index in [0.717, 1.165) is 24.0 Å². The molecular weight excluding hydrogens is 204 g/mol. The molecule has 1 aromatic rings. The number of benzene rings is 1. The van der Waals surface area contributed by atoms with Gasteiger partial charge in [0, 0.05) is 6.42 Å². The summed E-state index contributed by atoms with van der Waals surface area (Å²) in [5, 5.41) is 18.7. The molecule has 1 aliphatic carbocycles. The Morgan fingerprint density at radius 3 is 2.75 bits per heavy atom. The standard InChI is InChI=1S/C13H16O3/c1-9(12(14)15)11-4-2-3-10(7-11)8-13(16)5-6-13/h2-4,7,9,16H,5-6,8H2,1H3,(H,14,15). The number of hydrogen-bond donors (Lipinski definition) is 2. The fourth-order valence-electron chi connectivity index (χ4n) is 1.82. The minimum absolute atomic E-state index is 0.492. The maximum absolute atomic E-state index is 10.9. The first-order valence-corrected chi connectivity index (χ1v) is 5.54. The van der Waals surface area contributed by atoms with Crippen LogP contribution in [0.2, 0.25) is 0 Å². The molecule has 1 aromatic carbocycles. The molecular formula is C13H16O3. The van der Waals surface area contributed by atoms with E-state index in [1.54, 1.807) is 6.92 Å². The van der Waals surface area contributed by atoms with Gasteiger partial charge in [-0.25, -0.2) is 0 Å². The summed E-state index contributed by atoms with van der Waals surface area (Å²) in [6, 6.07) is 7.50. The van der Waals surface area contributed by atoms with Gasteiger partial charge in [0.15, 0.2) is 0 Å². The van der Waals surface area contributed by atoms with Gasteiger partial charge in [-0.05, 0) is 30.9 Å². The molecule has 0 amide bonds. The lowest BCUT2D eigenvalue weighted by atomic mass is 9.97. The van der Waals surface area contributed by atoms with E-state index in [0.29, 0.717) is 6.42 Å². The second-order valence-corrected chi connectivity index (χ2v) is 4.71. The van der Waals surface area contributed by atoms with Gasteiger partial charge in [0.05, 0.1) is 11.5 Å². The molecule has 16 heavy (non-hydrogen) atoms. The number of rotatable bonds is 4. The minimum atomic E-state index is -0.817. The third kappa shape index (κ3) is 2.42. The molecule has 1 atom stereocenters. The summed E-state index contributed by atoms with van der Waals surface area (Å²) in [5.41, 5.74) is 1.30. The van der Waals surface area contributed by atoms with Crippen LogP contribution in [0.1, 0.15) is 36.8 Å². The highest BCUT2D eigenvalue weighted by atomic mass is 16.4. The molecule has 2 N–H and O–H groups in total. The van der Waals surface area contributed by atoms with Crippen molar-refractivity contribution in [3.63, 3.8) is 0 Å². The summed E-state index contributed by atoms with van der Waals surface area (Å²) >= 11 is 0. The Morgan fingerprint density at radius 1 is 1.50 bits per heavy atom. The summed E-state index contributed by atoms with van der Waals surface area (Å²) in [4.78, 5) is 10.9. The van der Waals surface area contributed by atoms with Crippen molar-refractivity contribution in [2.45, 2.75) is 37.7 Å². The van der Waals surface area contributed by atoms with Gasteiger partial charge in [0.1, 0.15) is 0 Å². The molecule has 0 spiro atoms. The molecule has 0 saturated heterocycles. The fraction of sp³-hybridized carbons (Fsp3) is 0.462. The molecule has 2 rings (SSSR count). The third-order valence-electron chi connectivity index (χ3n) is 3.18. The Morgan fingerprint density at radius 2 is 2.19 bits per heavy atom. The largest absolute Gasteiger partial charge is 0.481 e. The van der Waals surface area contributed by atoms with Crippen LogP contribution >= 0.6 is 0 Å². The average molecular weight is 220 g/mol. The van der Waals surface area contributed by atoms with Gasteiger partial charge in [-0.1, -0.05) is 24.3 Å². The Bertz CT molecular complexity index is 407. The topological polar surface area (TPSA) is 57.5 Å². The third-order valence-corrected chi connectivity index (χ3v) is 3.18. The summed E-state index contributed by atoms with van der Waals surface area (Å²) < 4.78 is 0. The van der Waals surface area contributed by atoms with Crippen LogP contribution in [-0.2, 0) is 11.2 Å². The lowest BCUT2D eigenvalue weighted by Crippen LogP contribution is -2.12. The monoisotopic (exact) mass is 220 g/mol. The van der Waals surface area contributed by atoms with E-state index in [9.17, 15) is 9.90 Å². The summed E-state index contributed by atoms with van der Waals surface area (Å²) in [6.45, 7) is 1.67. The van der Waals surface area contributed by atoms with Crippen molar-refractivity contribution in [1.29, 1.82) is 0 Å². The highest BCUT2D eigenvalue weighted by Crippen LogP contribution is 2.38. The highest BCUT2D eigenvalue weighted by Gasteiger charge is 2.40. The molecule has 86 valence electrons. The summed E-state index contributed by atoms with van der Waals surface area (Å²) in [5.74, 6) is -1.31. The summed E-state index contributed by atoms with van der Waals surface area (Å²) in [7, 11) is 0. The Balaban J connectivity index is 2.15. The Labute approximate surface area is 94.7 Å². The molecule has 0 aromatic heterocycles. The lowest BCUT2D eigenvalue weighted by molar-refractivity contribution is -0.138. The second kappa shape index (κ2) is 3.91. The van der Waals surface area contributed by atoms with Crippen LogP contribution in [0, 0.1) is 0 Å². The first-order chi connectivity index (χ1) is 7.50. The molecule has 0 heterocycles. The number of carboxylic acids is 1. The maximum Gasteiger partial charge on any atom is 0.310 e. The van der Waals surface area contributed by atoms with Gasteiger partial charge in [-0.2, -0.15) is 0 Å². The van der Waals surface area contributed by atoms with Crippen molar-refractivity contribution in [2.75, 3.05) is 0 Å². The van der Waals surface area contributed by atoms with Crippen LogP contribution in [0.25, 0.3) is 0 Å². The van der Waals surface area contributed by atoms with E-state index in [4.69, 9.17) is 5.11 Å². The maximum atomic E-state index is 10.9. The van der Waals surface area contributed by atoms with Crippen LogP contribution in [-0.4, -0.2) is 21.8 Å². The molecule has 1 fully saturated rings. The molecule has 3 nitrogen and oxygen atoms in total. The van der Waals surface area contributed by atoms with Crippen molar-refractivity contribution in [2.24, 2.45) is 0 Å². The minimum Gasteiger partial charge on any atom is -0.481 e.